The minimum atomic E-state index is -0.651. The Labute approximate surface area is 142 Å². The molecule has 0 saturated carbocycles. The standard InChI is InChI=1S/C12H13Br3N2O3/c1-12(2,3)20-11(19)17-16-5-6-7(13)4-8(14)10(18)9(6)15/h4-5,18H,1-3H3,(H,17,19)/b16-5+. The molecule has 0 heterocycles. The Bertz CT molecular complexity index is 554. The Kier molecular flexibility index (Phi) is 6.03. The van der Waals surface area contributed by atoms with Crippen LogP contribution in [0.3, 0.4) is 0 Å². The zero-order valence-electron chi connectivity index (χ0n) is 11.0. The zero-order valence-corrected chi connectivity index (χ0v) is 15.8. The van der Waals surface area contributed by atoms with Crippen LogP contribution in [0.5, 0.6) is 5.75 Å². The van der Waals surface area contributed by atoms with Crippen LogP contribution in [0.4, 0.5) is 4.79 Å². The summed E-state index contributed by atoms with van der Waals surface area (Å²) in [5.74, 6) is 0.0481. The van der Waals surface area contributed by atoms with E-state index in [1.807, 2.05) is 0 Å². The fourth-order valence-electron chi connectivity index (χ4n) is 1.16. The minimum Gasteiger partial charge on any atom is -0.506 e. The van der Waals surface area contributed by atoms with Crippen molar-refractivity contribution in [2.45, 2.75) is 26.4 Å². The van der Waals surface area contributed by atoms with Crippen LogP contribution >= 0.6 is 47.8 Å². The summed E-state index contributed by atoms with van der Waals surface area (Å²) in [5.41, 5.74) is 2.25. The molecule has 0 atom stereocenters. The number of hydrogen-bond acceptors (Lipinski definition) is 4. The van der Waals surface area contributed by atoms with E-state index in [0.717, 1.165) is 0 Å². The van der Waals surface area contributed by atoms with E-state index in [0.29, 0.717) is 19.0 Å². The third-order valence-corrected chi connectivity index (χ3v) is 3.99. The smallest absolute Gasteiger partial charge is 0.428 e. The number of hydrogen-bond donors (Lipinski definition) is 2. The molecular formula is C12H13Br3N2O3. The summed E-state index contributed by atoms with van der Waals surface area (Å²) in [6, 6.07) is 1.68. The topological polar surface area (TPSA) is 70.9 Å². The second-order valence-electron chi connectivity index (χ2n) is 4.79. The molecule has 0 spiro atoms. The van der Waals surface area contributed by atoms with Crippen LogP contribution in [0.15, 0.2) is 24.6 Å². The highest BCUT2D eigenvalue weighted by atomic mass is 79.9. The van der Waals surface area contributed by atoms with E-state index in [1.54, 1.807) is 26.8 Å². The quantitative estimate of drug-likeness (QED) is 0.490. The number of benzene rings is 1. The summed E-state index contributed by atoms with van der Waals surface area (Å²) in [6.45, 7) is 5.28. The highest BCUT2D eigenvalue weighted by Gasteiger charge is 2.16. The largest absolute Gasteiger partial charge is 0.506 e. The number of rotatable bonds is 2. The SMILES string of the molecule is CC(C)(C)OC(=O)N/N=C/c1c(Br)cc(Br)c(O)c1Br. The summed E-state index contributed by atoms with van der Waals surface area (Å²) in [4.78, 5) is 11.4. The molecule has 1 aromatic rings. The molecule has 0 unspecified atom stereocenters. The first-order valence-corrected chi connectivity index (χ1v) is 7.88. The first-order chi connectivity index (χ1) is 9.11. The zero-order chi connectivity index (χ0) is 15.5. The fourth-order valence-corrected chi connectivity index (χ4v) is 3.49. The molecule has 0 aliphatic rings. The van der Waals surface area contributed by atoms with E-state index in [4.69, 9.17) is 4.74 Å². The van der Waals surface area contributed by atoms with Gasteiger partial charge in [0.25, 0.3) is 0 Å². The van der Waals surface area contributed by atoms with Crippen molar-refractivity contribution in [3.8, 4) is 5.75 Å². The van der Waals surface area contributed by atoms with Gasteiger partial charge in [-0.25, -0.2) is 10.2 Å². The third kappa shape index (κ3) is 5.06. The van der Waals surface area contributed by atoms with Gasteiger partial charge in [0.05, 0.1) is 15.2 Å². The number of phenols is 1. The second kappa shape index (κ2) is 6.91. The lowest BCUT2D eigenvalue weighted by Gasteiger charge is -2.18. The van der Waals surface area contributed by atoms with Gasteiger partial charge in [-0.1, -0.05) is 15.9 Å². The monoisotopic (exact) mass is 470 g/mol. The van der Waals surface area contributed by atoms with E-state index in [9.17, 15) is 9.90 Å². The molecule has 1 aromatic carbocycles. The molecule has 2 N–H and O–H groups in total. The number of phenolic OH excluding ortho intramolecular Hbond substituents is 1. The van der Waals surface area contributed by atoms with E-state index in [1.165, 1.54) is 6.21 Å². The van der Waals surface area contributed by atoms with Gasteiger partial charge < -0.3 is 9.84 Å². The summed E-state index contributed by atoms with van der Waals surface area (Å²) >= 11 is 9.81. The molecule has 0 saturated heterocycles. The van der Waals surface area contributed by atoms with E-state index in [-0.39, 0.29) is 5.75 Å². The lowest BCUT2D eigenvalue weighted by molar-refractivity contribution is 0.0529. The van der Waals surface area contributed by atoms with Crippen molar-refractivity contribution in [2.75, 3.05) is 0 Å². The van der Waals surface area contributed by atoms with E-state index >= 15 is 0 Å². The first kappa shape index (κ1) is 17.5. The predicted octanol–water partition coefficient (Wildman–Crippen LogP) is 4.54. The number of nitrogens with one attached hydrogen (secondary N) is 1. The van der Waals surface area contributed by atoms with Crippen LogP contribution in [-0.2, 0) is 4.74 Å². The minimum absolute atomic E-state index is 0.0481. The molecule has 110 valence electrons. The van der Waals surface area contributed by atoms with Crippen molar-refractivity contribution in [3.05, 3.63) is 25.0 Å². The van der Waals surface area contributed by atoms with Gasteiger partial charge in [-0.2, -0.15) is 5.10 Å². The Morgan fingerprint density at radius 2 is 1.95 bits per heavy atom. The van der Waals surface area contributed by atoms with Gasteiger partial charge in [0.1, 0.15) is 11.4 Å². The number of hydrazone groups is 1. The van der Waals surface area contributed by atoms with Crippen molar-refractivity contribution in [1.29, 1.82) is 0 Å². The molecule has 0 aliphatic carbocycles. The van der Waals surface area contributed by atoms with Gasteiger partial charge in [0.2, 0.25) is 0 Å². The first-order valence-electron chi connectivity index (χ1n) is 5.50. The number of ether oxygens (including phenoxy) is 1. The molecule has 0 aliphatic heterocycles. The average molecular weight is 473 g/mol. The van der Waals surface area contributed by atoms with E-state index < -0.39 is 11.7 Å². The van der Waals surface area contributed by atoms with Crippen LogP contribution in [0.2, 0.25) is 0 Å². The maximum atomic E-state index is 11.4. The van der Waals surface area contributed by atoms with Gasteiger partial charge >= 0.3 is 6.09 Å². The molecule has 0 aromatic heterocycles. The molecular weight excluding hydrogens is 460 g/mol. The van der Waals surface area contributed by atoms with Crippen molar-refractivity contribution in [1.82, 2.24) is 5.43 Å². The van der Waals surface area contributed by atoms with Gasteiger partial charge in [-0.15, -0.1) is 0 Å². The summed E-state index contributed by atoms with van der Waals surface area (Å²) in [6.07, 6.45) is 0.742. The maximum Gasteiger partial charge on any atom is 0.428 e. The number of carbonyl (C=O) groups is 1. The second-order valence-corrected chi connectivity index (χ2v) is 7.29. The highest BCUT2D eigenvalue weighted by Crippen LogP contribution is 2.38. The average Bonchev–Trinajstić information content (AvgIpc) is 2.28. The molecule has 0 fully saturated rings. The number of halogens is 3. The van der Waals surface area contributed by atoms with Gasteiger partial charge in [0, 0.05) is 10.0 Å². The van der Waals surface area contributed by atoms with Crippen molar-refractivity contribution >= 4 is 60.1 Å². The van der Waals surface area contributed by atoms with Crippen molar-refractivity contribution in [2.24, 2.45) is 5.10 Å². The van der Waals surface area contributed by atoms with Crippen LogP contribution < -0.4 is 5.43 Å². The Morgan fingerprint density at radius 3 is 2.50 bits per heavy atom. The number of aromatic hydroxyl groups is 1. The molecule has 1 amide bonds. The van der Waals surface area contributed by atoms with Crippen LogP contribution in [0.1, 0.15) is 26.3 Å². The Balaban J connectivity index is 2.82. The normalized spacial score (nSPS) is 11.7. The molecule has 1 rings (SSSR count). The third-order valence-electron chi connectivity index (χ3n) is 1.93. The highest BCUT2D eigenvalue weighted by molar-refractivity contribution is 9.11. The van der Waals surface area contributed by atoms with E-state index in [2.05, 4.69) is 58.3 Å². The fraction of sp³-hybridized carbons (Fsp3) is 0.333. The van der Waals surface area contributed by atoms with Gasteiger partial charge in [-0.05, 0) is 58.7 Å². The molecule has 0 bridgehead atoms. The molecule has 5 nitrogen and oxygen atoms in total. The van der Waals surface area contributed by atoms with Crippen molar-refractivity contribution < 1.29 is 14.6 Å². The number of nitrogens with zero attached hydrogens (tertiary/aromatic N) is 1. The maximum absolute atomic E-state index is 11.4. The number of carbonyl (C=O) groups excluding carboxylic acids is 1. The van der Waals surface area contributed by atoms with Gasteiger partial charge in [-0.3, -0.25) is 0 Å². The number of amides is 1. The molecule has 20 heavy (non-hydrogen) atoms. The predicted molar refractivity (Wildman–Crippen MR) is 88.2 cm³/mol. The summed E-state index contributed by atoms with van der Waals surface area (Å²) < 4.78 is 6.72. The van der Waals surface area contributed by atoms with Crippen LogP contribution in [0, 0.1) is 0 Å². The summed E-state index contributed by atoms with van der Waals surface area (Å²) in [7, 11) is 0. The van der Waals surface area contributed by atoms with Crippen LogP contribution in [0.25, 0.3) is 0 Å². The Morgan fingerprint density at radius 1 is 1.35 bits per heavy atom. The summed E-state index contributed by atoms with van der Waals surface area (Å²) in [5, 5.41) is 13.6. The molecule has 0 radical (unpaired) electrons. The molecule has 8 heteroatoms. The van der Waals surface area contributed by atoms with Crippen LogP contribution in [-0.4, -0.2) is 23.0 Å². The van der Waals surface area contributed by atoms with Gasteiger partial charge in [0.15, 0.2) is 0 Å². The lowest BCUT2D eigenvalue weighted by Crippen LogP contribution is -2.29. The Hall–Kier alpha value is -0.600. The lowest BCUT2D eigenvalue weighted by atomic mass is 10.2. The van der Waals surface area contributed by atoms with Crippen molar-refractivity contribution in [3.63, 3.8) is 0 Å².